The second kappa shape index (κ2) is 8.42. The van der Waals surface area contributed by atoms with E-state index < -0.39 is 5.91 Å². The number of rotatable bonds is 6. The lowest BCUT2D eigenvalue weighted by molar-refractivity contribution is 0.0644. The molecule has 6 nitrogen and oxygen atoms in total. The molecule has 26 heavy (non-hydrogen) atoms. The number of furan rings is 1. The number of thioether (sulfide) groups is 1. The normalized spacial score (nSPS) is 15.2. The summed E-state index contributed by atoms with van der Waals surface area (Å²) in [7, 11) is 0. The molecule has 0 atom stereocenters. The number of carbonyl (C=O) groups is 2. The van der Waals surface area contributed by atoms with Crippen LogP contribution in [0.15, 0.2) is 40.8 Å². The number of hydrogen-bond acceptors (Lipinski definition) is 5. The highest BCUT2D eigenvalue weighted by Gasteiger charge is 2.22. The fourth-order valence-electron chi connectivity index (χ4n) is 2.98. The van der Waals surface area contributed by atoms with E-state index in [4.69, 9.17) is 10.2 Å². The molecule has 2 N–H and O–H groups in total. The van der Waals surface area contributed by atoms with Gasteiger partial charge in [0.2, 0.25) is 0 Å². The smallest absolute Gasteiger partial charge is 0.284 e. The molecule has 0 unspecified atom stereocenters. The second-order valence-electron chi connectivity index (χ2n) is 6.23. The van der Waals surface area contributed by atoms with Gasteiger partial charge in [-0.05, 0) is 30.5 Å². The van der Waals surface area contributed by atoms with E-state index in [0.29, 0.717) is 11.3 Å². The van der Waals surface area contributed by atoms with Gasteiger partial charge in [0.1, 0.15) is 5.76 Å². The van der Waals surface area contributed by atoms with Crippen LogP contribution in [0, 0.1) is 0 Å². The van der Waals surface area contributed by atoms with Crippen molar-refractivity contribution in [2.75, 3.05) is 44.7 Å². The lowest BCUT2D eigenvalue weighted by Crippen LogP contribution is -2.49. The molecule has 0 bridgehead atoms. The van der Waals surface area contributed by atoms with Gasteiger partial charge >= 0.3 is 0 Å². The van der Waals surface area contributed by atoms with Crippen molar-refractivity contribution in [1.29, 1.82) is 0 Å². The molecule has 2 heterocycles. The Hall–Kier alpha value is -2.25. The third kappa shape index (κ3) is 4.28. The van der Waals surface area contributed by atoms with Gasteiger partial charge in [-0.15, -0.1) is 0 Å². The second-order valence-corrected chi connectivity index (χ2v) is 7.22. The maximum atomic E-state index is 12.7. The van der Waals surface area contributed by atoms with E-state index in [2.05, 4.69) is 11.2 Å². The van der Waals surface area contributed by atoms with Crippen molar-refractivity contribution in [2.45, 2.75) is 0 Å². The van der Waals surface area contributed by atoms with E-state index in [9.17, 15) is 9.59 Å². The summed E-state index contributed by atoms with van der Waals surface area (Å²) in [5, 5.41) is 0. The van der Waals surface area contributed by atoms with Crippen LogP contribution in [0.2, 0.25) is 0 Å². The van der Waals surface area contributed by atoms with Crippen LogP contribution in [-0.2, 0) is 0 Å². The summed E-state index contributed by atoms with van der Waals surface area (Å²) >= 11 is 1.85. The predicted octanol–water partition coefficient (Wildman–Crippen LogP) is 2.17. The van der Waals surface area contributed by atoms with Crippen molar-refractivity contribution in [3.63, 3.8) is 0 Å². The summed E-state index contributed by atoms with van der Waals surface area (Å²) in [5.41, 5.74) is 6.66. The zero-order valence-corrected chi connectivity index (χ0v) is 15.6. The Kier molecular flexibility index (Phi) is 6.00. The molecule has 1 aliphatic heterocycles. The van der Waals surface area contributed by atoms with Crippen LogP contribution in [0.3, 0.4) is 0 Å². The largest absolute Gasteiger partial charge is 0.451 e. The molecule has 1 fully saturated rings. The molecule has 0 aliphatic carbocycles. The summed E-state index contributed by atoms with van der Waals surface area (Å²) in [6.07, 6.45) is 2.11. The zero-order valence-electron chi connectivity index (χ0n) is 14.8. The lowest BCUT2D eigenvalue weighted by Gasteiger charge is -2.34. The van der Waals surface area contributed by atoms with Gasteiger partial charge in [-0.2, -0.15) is 11.8 Å². The predicted molar refractivity (Wildman–Crippen MR) is 103 cm³/mol. The molecule has 2 aromatic rings. The van der Waals surface area contributed by atoms with Gasteiger partial charge in [0, 0.05) is 49.6 Å². The molecule has 138 valence electrons. The van der Waals surface area contributed by atoms with Gasteiger partial charge in [-0.1, -0.05) is 12.1 Å². The van der Waals surface area contributed by atoms with E-state index >= 15 is 0 Å². The maximum absolute atomic E-state index is 12.7. The van der Waals surface area contributed by atoms with Crippen LogP contribution in [0.1, 0.15) is 20.9 Å². The SMILES string of the molecule is CSCCN1CCN(C(=O)c2ccc(-c3ccc(C(N)=O)o3)cc2)CC1. The van der Waals surface area contributed by atoms with Crippen LogP contribution in [0.5, 0.6) is 0 Å². The first-order valence-corrected chi connectivity index (χ1v) is 9.98. The summed E-state index contributed by atoms with van der Waals surface area (Å²) in [6.45, 7) is 4.44. The number of carbonyl (C=O) groups excluding carboxylic acids is 2. The minimum Gasteiger partial charge on any atom is -0.451 e. The average molecular weight is 373 g/mol. The molecular formula is C19H23N3O3S. The van der Waals surface area contributed by atoms with E-state index in [-0.39, 0.29) is 11.7 Å². The molecule has 2 amide bonds. The van der Waals surface area contributed by atoms with Crippen LogP contribution in [0.4, 0.5) is 0 Å². The van der Waals surface area contributed by atoms with E-state index in [1.54, 1.807) is 24.3 Å². The van der Waals surface area contributed by atoms with E-state index in [0.717, 1.165) is 44.0 Å². The molecule has 1 aromatic heterocycles. The number of hydrogen-bond donors (Lipinski definition) is 1. The number of amides is 2. The molecular weight excluding hydrogens is 350 g/mol. The van der Waals surface area contributed by atoms with Crippen molar-refractivity contribution in [3.05, 3.63) is 47.7 Å². The van der Waals surface area contributed by atoms with Gasteiger partial charge in [0.15, 0.2) is 5.76 Å². The average Bonchev–Trinajstić information content (AvgIpc) is 3.17. The van der Waals surface area contributed by atoms with Gasteiger partial charge < -0.3 is 15.1 Å². The highest BCUT2D eigenvalue weighted by atomic mass is 32.2. The van der Waals surface area contributed by atoms with Crippen molar-refractivity contribution in [3.8, 4) is 11.3 Å². The molecule has 1 saturated heterocycles. The summed E-state index contributed by atoms with van der Waals surface area (Å²) in [6, 6.07) is 10.5. The Morgan fingerprint density at radius 3 is 2.35 bits per heavy atom. The third-order valence-electron chi connectivity index (χ3n) is 4.54. The number of piperazine rings is 1. The highest BCUT2D eigenvalue weighted by molar-refractivity contribution is 7.98. The van der Waals surface area contributed by atoms with Crippen molar-refractivity contribution in [1.82, 2.24) is 9.80 Å². The minimum absolute atomic E-state index is 0.0540. The van der Waals surface area contributed by atoms with Crippen molar-refractivity contribution >= 4 is 23.6 Å². The summed E-state index contributed by atoms with van der Waals surface area (Å²) in [4.78, 5) is 28.1. The quantitative estimate of drug-likeness (QED) is 0.839. The van der Waals surface area contributed by atoms with Crippen LogP contribution < -0.4 is 5.73 Å². The fourth-order valence-corrected chi connectivity index (χ4v) is 3.42. The highest BCUT2D eigenvalue weighted by Crippen LogP contribution is 2.23. The van der Waals surface area contributed by atoms with Gasteiger partial charge in [0.05, 0.1) is 0 Å². The zero-order chi connectivity index (χ0) is 18.5. The molecule has 3 rings (SSSR count). The molecule has 1 aromatic carbocycles. The van der Waals surface area contributed by atoms with Gasteiger partial charge in [-0.25, -0.2) is 0 Å². The monoisotopic (exact) mass is 373 g/mol. The maximum Gasteiger partial charge on any atom is 0.284 e. The first-order chi connectivity index (χ1) is 12.6. The summed E-state index contributed by atoms with van der Waals surface area (Å²) in [5.74, 6) is 1.26. The standard InChI is InChI=1S/C19H23N3O3S/c1-26-13-12-21-8-10-22(11-9-21)19(24)15-4-2-14(3-5-15)16-6-7-17(25-16)18(20)23/h2-7H,8-13H2,1H3,(H2,20,23). The van der Waals surface area contributed by atoms with Crippen LogP contribution in [-0.4, -0.2) is 66.3 Å². The summed E-state index contributed by atoms with van der Waals surface area (Å²) < 4.78 is 5.41. The van der Waals surface area contributed by atoms with Gasteiger partial charge in [0.25, 0.3) is 11.8 Å². The van der Waals surface area contributed by atoms with E-state index in [1.807, 2.05) is 28.8 Å². The Morgan fingerprint density at radius 2 is 1.77 bits per heavy atom. The molecule has 0 saturated carbocycles. The van der Waals surface area contributed by atoms with Crippen LogP contribution >= 0.6 is 11.8 Å². The fraction of sp³-hybridized carbons (Fsp3) is 0.368. The van der Waals surface area contributed by atoms with Crippen molar-refractivity contribution in [2.24, 2.45) is 5.73 Å². The third-order valence-corrected chi connectivity index (χ3v) is 5.13. The van der Waals surface area contributed by atoms with E-state index in [1.165, 1.54) is 0 Å². The topological polar surface area (TPSA) is 79.8 Å². The first-order valence-electron chi connectivity index (χ1n) is 8.59. The molecule has 1 aliphatic rings. The van der Waals surface area contributed by atoms with Crippen LogP contribution in [0.25, 0.3) is 11.3 Å². The molecule has 7 heteroatoms. The lowest BCUT2D eigenvalue weighted by atomic mass is 10.1. The minimum atomic E-state index is -0.597. The number of nitrogens with two attached hydrogens (primary N) is 1. The number of primary amides is 1. The number of benzene rings is 1. The Bertz CT molecular complexity index is 765. The van der Waals surface area contributed by atoms with Gasteiger partial charge in [-0.3, -0.25) is 14.5 Å². The Morgan fingerprint density at radius 1 is 1.08 bits per heavy atom. The number of nitrogens with zero attached hydrogens (tertiary/aromatic N) is 2. The van der Waals surface area contributed by atoms with Crippen molar-refractivity contribution < 1.29 is 14.0 Å². The Labute approximate surface area is 157 Å². The molecule has 0 spiro atoms. The Balaban J connectivity index is 1.61. The first kappa shape index (κ1) is 18.5. The molecule has 0 radical (unpaired) electrons.